The number of para-hydroxylation sites is 1. The quantitative estimate of drug-likeness (QED) is 0.537. The van der Waals surface area contributed by atoms with E-state index in [-0.39, 0.29) is 5.41 Å². The summed E-state index contributed by atoms with van der Waals surface area (Å²) in [6.07, 6.45) is 1.94. The van der Waals surface area contributed by atoms with E-state index in [1.165, 1.54) is 27.8 Å². The number of fused-ring (bicyclic) bond motifs is 2. The van der Waals surface area contributed by atoms with Crippen LogP contribution in [0.15, 0.2) is 48.7 Å². The van der Waals surface area contributed by atoms with Crippen molar-refractivity contribution in [2.24, 2.45) is 0 Å². The minimum atomic E-state index is -0.105. The van der Waals surface area contributed by atoms with Crippen LogP contribution >= 0.6 is 0 Å². The molecule has 2 heterocycles. The number of aromatic nitrogens is 1. The molecule has 1 aliphatic rings. The van der Waals surface area contributed by atoms with Gasteiger partial charge in [-0.25, -0.2) is 0 Å². The van der Waals surface area contributed by atoms with E-state index >= 15 is 0 Å². The summed E-state index contributed by atoms with van der Waals surface area (Å²) in [7, 11) is 0. The normalized spacial score (nSPS) is 14.4. The Bertz CT molecular complexity index is 985. The van der Waals surface area contributed by atoms with E-state index in [0.29, 0.717) is 0 Å². The highest BCUT2D eigenvalue weighted by atomic mass is 16.5. The Morgan fingerprint density at radius 3 is 2.44 bits per heavy atom. The van der Waals surface area contributed by atoms with E-state index < -0.39 is 0 Å². The highest BCUT2D eigenvalue weighted by molar-refractivity contribution is 5.74. The minimum Gasteiger partial charge on any atom is -0.456 e. The van der Waals surface area contributed by atoms with Crippen LogP contribution in [0.4, 0.5) is 0 Å². The smallest absolute Gasteiger partial charge is 0.140 e. The molecule has 0 radical (unpaired) electrons. The van der Waals surface area contributed by atoms with Gasteiger partial charge >= 0.3 is 0 Å². The maximum Gasteiger partial charge on any atom is 0.140 e. The molecule has 1 aliphatic heterocycles. The number of benzene rings is 2. The predicted molar refractivity (Wildman–Crippen MR) is 103 cm³/mol. The van der Waals surface area contributed by atoms with E-state index in [1.807, 2.05) is 6.20 Å². The molecule has 0 saturated heterocycles. The fraction of sp³-hybridized carbons (Fsp3) is 0.261. The number of aryl methyl sites for hydroxylation is 3. The van der Waals surface area contributed by atoms with Crippen molar-refractivity contribution in [2.75, 3.05) is 0 Å². The van der Waals surface area contributed by atoms with E-state index in [2.05, 4.69) is 82.1 Å². The monoisotopic (exact) mass is 329 g/mol. The Labute approximate surface area is 149 Å². The molecule has 126 valence electrons. The van der Waals surface area contributed by atoms with Crippen LogP contribution in [0.3, 0.4) is 0 Å². The summed E-state index contributed by atoms with van der Waals surface area (Å²) in [6.45, 7) is 10.8. The lowest BCUT2D eigenvalue weighted by molar-refractivity contribution is 0.419. The number of hydrogen-bond donors (Lipinski definition) is 0. The van der Waals surface area contributed by atoms with Gasteiger partial charge in [0.2, 0.25) is 0 Å². The lowest BCUT2D eigenvalue weighted by atomic mass is 9.75. The predicted octanol–water partition coefficient (Wildman–Crippen LogP) is 6.11. The van der Waals surface area contributed by atoms with Gasteiger partial charge in [-0.15, -0.1) is 0 Å². The SMILES string of the molecule is Cc1ccc2c(c1)Oc1c(-c3cc(C)c(C)cn3)cccc1C2(C)C. The van der Waals surface area contributed by atoms with E-state index in [0.717, 1.165) is 22.8 Å². The number of ether oxygens (including phenoxy) is 1. The van der Waals surface area contributed by atoms with Gasteiger partial charge in [-0.3, -0.25) is 4.98 Å². The van der Waals surface area contributed by atoms with E-state index in [9.17, 15) is 0 Å². The molecule has 4 rings (SSSR count). The number of nitrogens with zero attached hydrogens (tertiary/aromatic N) is 1. The summed E-state index contributed by atoms with van der Waals surface area (Å²) in [5.41, 5.74) is 8.01. The second-order valence-electron chi connectivity index (χ2n) is 7.56. The van der Waals surface area contributed by atoms with Gasteiger partial charge in [-0.05, 0) is 55.7 Å². The maximum atomic E-state index is 6.41. The largest absolute Gasteiger partial charge is 0.456 e. The number of rotatable bonds is 1. The molecule has 2 heteroatoms. The lowest BCUT2D eigenvalue weighted by Crippen LogP contribution is -2.24. The van der Waals surface area contributed by atoms with Crippen LogP contribution in [-0.4, -0.2) is 4.98 Å². The molecule has 0 atom stereocenters. The number of hydrogen-bond acceptors (Lipinski definition) is 2. The highest BCUT2D eigenvalue weighted by Gasteiger charge is 2.35. The van der Waals surface area contributed by atoms with Crippen molar-refractivity contribution < 1.29 is 4.74 Å². The second-order valence-corrected chi connectivity index (χ2v) is 7.56. The molecule has 2 aromatic carbocycles. The molecule has 25 heavy (non-hydrogen) atoms. The first kappa shape index (κ1) is 15.9. The van der Waals surface area contributed by atoms with Crippen molar-refractivity contribution in [2.45, 2.75) is 40.0 Å². The van der Waals surface area contributed by atoms with Crippen molar-refractivity contribution in [1.82, 2.24) is 4.98 Å². The summed E-state index contributed by atoms with van der Waals surface area (Å²) >= 11 is 0. The molecule has 0 N–H and O–H groups in total. The lowest BCUT2D eigenvalue weighted by Gasteiger charge is -2.35. The molecular formula is C23H23NO. The fourth-order valence-electron chi connectivity index (χ4n) is 3.60. The first-order valence-electron chi connectivity index (χ1n) is 8.74. The van der Waals surface area contributed by atoms with Crippen LogP contribution in [0.5, 0.6) is 11.5 Å². The molecule has 3 aromatic rings. The Balaban J connectivity index is 1.95. The van der Waals surface area contributed by atoms with Crippen LogP contribution in [0.1, 0.15) is 41.7 Å². The number of pyridine rings is 1. The zero-order chi connectivity index (χ0) is 17.8. The summed E-state index contributed by atoms with van der Waals surface area (Å²) in [6, 6.07) is 15.0. The third kappa shape index (κ3) is 2.44. The molecule has 0 saturated carbocycles. The highest BCUT2D eigenvalue weighted by Crippen LogP contribution is 2.51. The standard InChI is InChI=1S/C23H23NO/c1-14-9-10-18-21(11-14)25-22-17(7-6-8-19(22)23(18,4)5)20-12-15(2)16(3)13-24-20/h6-13H,1-5H3. The van der Waals surface area contributed by atoms with Gasteiger partial charge in [0.05, 0.1) is 5.69 Å². The zero-order valence-corrected chi connectivity index (χ0v) is 15.5. The zero-order valence-electron chi connectivity index (χ0n) is 15.5. The molecule has 0 amide bonds. The second kappa shape index (κ2) is 5.45. The van der Waals surface area contributed by atoms with Crippen molar-refractivity contribution in [3.05, 3.63) is 76.5 Å². The summed E-state index contributed by atoms with van der Waals surface area (Å²) in [4.78, 5) is 4.66. The van der Waals surface area contributed by atoms with Gasteiger partial charge in [0.25, 0.3) is 0 Å². The van der Waals surface area contributed by atoms with Crippen LogP contribution in [0.2, 0.25) is 0 Å². The molecule has 0 unspecified atom stereocenters. The van der Waals surface area contributed by atoms with Gasteiger partial charge in [0.15, 0.2) is 0 Å². The first-order valence-corrected chi connectivity index (χ1v) is 8.74. The Kier molecular flexibility index (Phi) is 3.47. The molecular weight excluding hydrogens is 306 g/mol. The molecule has 0 aliphatic carbocycles. The third-order valence-electron chi connectivity index (χ3n) is 5.36. The van der Waals surface area contributed by atoms with Crippen LogP contribution in [-0.2, 0) is 5.41 Å². The minimum absolute atomic E-state index is 0.105. The first-order chi connectivity index (χ1) is 11.9. The summed E-state index contributed by atoms with van der Waals surface area (Å²) in [5, 5.41) is 0. The van der Waals surface area contributed by atoms with Gasteiger partial charge < -0.3 is 4.74 Å². The van der Waals surface area contributed by atoms with Gasteiger partial charge in [0.1, 0.15) is 11.5 Å². The third-order valence-corrected chi connectivity index (χ3v) is 5.36. The summed E-state index contributed by atoms with van der Waals surface area (Å²) < 4.78 is 6.41. The van der Waals surface area contributed by atoms with E-state index in [1.54, 1.807) is 0 Å². The fourth-order valence-corrected chi connectivity index (χ4v) is 3.60. The summed E-state index contributed by atoms with van der Waals surface area (Å²) in [5.74, 6) is 1.88. The molecule has 1 aromatic heterocycles. The van der Waals surface area contributed by atoms with Crippen LogP contribution < -0.4 is 4.74 Å². The Morgan fingerprint density at radius 2 is 1.68 bits per heavy atom. The van der Waals surface area contributed by atoms with Crippen molar-refractivity contribution >= 4 is 0 Å². The van der Waals surface area contributed by atoms with Crippen LogP contribution in [0, 0.1) is 20.8 Å². The van der Waals surface area contributed by atoms with Gasteiger partial charge in [-0.1, -0.05) is 38.1 Å². The van der Waals surface area contributed by atoms with Crippen molar-refractivity contribution in [1.29, 1.82) is 0 Å². The average Bonchev–Trinajstić information content (AvgIpc) is 2.57. The topological polar surface area (TPSA) is 22.1 Å². The van der Waals surface area contributed by atoms with Crippen LogP contribution in [0.25, 0.3) is 11.3 Å². The Morgan fingerprint density at radius 1 is 0.880 bits per heavy atom. The van der Waals surface area contributed by atoms with Crippen molar-refractivity contribution in [3.8, 4) is 22.8 Å². The molecule has 0 fully saturated rings. The molecule has 2 nitrogen and oxygen atoms in total. The maximum absolute atomic E-state index is 6.41. The average molecular weight is 329 g/mol. The van der Waals surface area contributed by atoms with Gasteiger partial charge in [0, 0.05) is 28.3 Å². The molecule has 0 spiro atoms. The van der Waals surface area contributed by atoms with Gasteiger partial charge in [-0.2, -0.15) is 0 Å². The Hall–Kier alpha value is -2.61. The van der Waals surface area contributed by atoms with Crippen molar-refractivity contribution in [3.63, 3.8) is 0 Å². The molecule has 0 bridgehead atoms. The van der Waals surface area contributed by atoms with E-state index in [4.69, 9.17) is 4.74 Å².